The molecule has 0 atom stereocenters. The summed E-state index contributed by atoms with van der Waals surface area (Å²) in [4.78, 5) is 0. The van der Waals surface area contributed by atoms with Crippen molar-refractivity contribution in [2.45, 2.75) is 59.3 Å². The Morgan fingerprint density at radius 2 is 0.824 bits per heavy atom. The third-order valence-electron chi connectivity index (χ3n) is 5.53. The maximum absolute atomic E-state index is 6.07. The van der Waals surface area contributed by atoms with Gasteiger partial charge in [0.25, 0.3) is 0 Å². The SMILES string of the molecule is CCCCOc1ccc[c]([Bi]([c]2cccc(OCCCC)c2)[c]2cccc(OCCCC)c2)c1. The second-order valence-electron chi connectivity index (χ2n) is 8.43. The Balaban J connectivity index is 1.96. The third-order valence-corrected chi connectivity index (χ3v) is 14.8. The zero-order valence-corrected chi connectivity index (χ0v) is 24.4. The fraction of sp³-hybridized carbons (Fsp3) is 0.400. The van der Waals surface area contributed by atoms with E-state index in [0.29, 0.717) is 0 Å². The van der Waals surface area contributed by atoms with Gasteiger partial charge in [-0.2, -0.15) is 0 Å². The quantitative estimate of drug-likeness (QED) is 0.154. The molecular formula is C30H39BiO3. The van der Waals surface area contributed by atoms with Crippen molar-refractivity contribution in [1.82, 2.24) is 0 Å². The van der Waals surface area contributed by atoms with E-state index >= 15 is 0 Å². The Morgan fingerprint density at radius 3 is 1.12 bits per heavy atom. The van der Waals surface area contributed by atoms with Crippen LogP contribution in [0.3, 0.4) is 0 Å². The summed E-state index contributed by atoms with van der Waals surface area (Å²) < 4.78 is 22.4. The van der Waals surface area contributed by atoms with Crippen molar-refractivity contribution in [2.24, 2.45) is 0 Å². The number of unbranched alkanes of at least 4 members (excludes halogenated alkanes) is 3. The average Bonchev–Trinajstić information content (AvgIpc) is 2.86. The molecule has 0 spiro atoms. The summed E-state index contributed by atoms with van der Waals surface area (Å²) in [7, 11) is 0. The molecule has 3 aromatic carbocycles. The molecule has 0 heterocycles. The van der Waals surface area contributed by atoms with Crippen molar-refractivity contribution in [2.75, 3.05) is 19.8 Å². The molecule has 0 N–H and O–H groups in total. The molecule has 3 rings (SSSR count). The fourth-order valence-electron chi connectivity index (χ4n) is 3.59. The van der Waals surface area contributed by atoms with Crippen LogP contribution in [0.4, 0.5) is 0 Å². The minimum atomic E-state index is -2.60. The second kappa shape index (κ2) is 15.0. The summed E-state index contributed by atoms with van der Waals surface area (Å²) in [5.74, 6) is 2.91. The van der Waals surface area contributed by atoms with Gasteiger partial charge in [0.15, 0.2) is 0 Å². The summed E-state index contributed by atoms with van der Waals surface area (Å²) in [5.41, 5.74) is 0. The summed E-state index contributed by atoms with van der Waals surface area (Å²) in [6, 6.07) is 26.3. The number of hydrogen-bond acceptors (Lipinski definition) is 3. The number of hydrogen-bond donors (Lipinski definition) is 0. The number of ether oxygens (including phenoxy) is 3. The van der Waals surface area contributed by atoms with Crippen molar-refractivity contribution in [3.8, 4) is 17.2 Å². The Morgan fingerprint density at radius 1 is 0.500 bits per heavy atom. The van der Waals surface area contributed by atoms with Crippen LogP contribution in [0.1, 0.15) is 59.3 Å². The second-order valence-corrected chi connectivity index (χ2v) is 17.1. The summed E-state index contributed by atoms with van der Waals surface area (Å²) >= 11 is -2.60. The predicted octanol–water partition coefficient (Wildman–Crippen LogP) is 5.74. The van der Waals surface area contributed by atoms with E-state index in [9.17, 15) is 0 Å². The molecule has 4 heteroatoms. The van der Waals surface area contributed by atoms with Crippen LogP contribution in [0.5, 0.6) is 17.2 Å². The van der Waals surface area contributed by atoms with E-state index < -0.39 is 21.8 Å². The standard InChI is InChI=1S/3C10H13O.Bi/c3*1-2-3-9-11-10-7-5-4-6-8-10;/h3*4-5,7-8H,2-3,9H2,1H3;. The van der Waals surface area contributed by atoms with E-state index in [1.807, 2.05) is 0 Å². The van der Waals surface area contributed by atoms with Crippen LogP contribution in [-0.2, 0) is 0 Å². The molecule has 0 aliphatic heterocycles. The van der Waals surface area contributed by atoms with E-state index in [1.54, 1.807) is 0 Å². The van der Waals surface area contributed by atoms with Crippen LogP contribution in [0.25, 0.3) is 0 Å². The number of benzene rings is 3. The van der Waals surface area contributed by atoms with Crippen LogP contribution in [0, 0.1) is 0 Å². The molecule has 0 saturated carbocycles. The van der Waals surface area contributed by atoms with Crippen molar-refractivity contribution in [3.05, 3.63) is 72.8 Å². The average molecular weight is 657 g/mol. The monoisotopic (exact) mass is 656 g/mol. The zero-order valence-electron chi connectivity index (χ0n) is 21.0. The minimum absolute atomic E-state index is 0.765. The van der Waals surface area contributed by atoms with E-state index in [2.05, 4.69) is 93.6 Å². The fourth-order valence-corrected chi connectivity index (χ4v) is 12.8. The Hall–Kier alpha value is -2.06. The van der Waals surface area contributed by atoms with E-state index in [1.165, 1.54) is 9.81 Å². The summed E-state index contributed by atoms with van der Waals surface area (Å²) in [5, 5.41) is 0. The first-order valence-corrected chi connectivity index (χ1v) is 18.0. The topological polar surface area (TPSA) is 27.7 Å². The Bertz CT molecular complexity index is 861. The molecule has 0 amide bonds. The molecule has 34 heavy (non-hydrogen) atoms. The van der Waals surface area contributed by atoms with E-state index in [0.717, 1.165) is 75.6 Å². The van der Waals surface area contributed by atoms with Gasteiger partial charge in [0.1, 0.15) is 0 Å². The van der Waals surface area contributed by atoms with Crippen LogP contribution < -0.4 is 24.0 Å². The van der Waals surface area contributed by atoms with Gasteiger partial charge < -0.3 is 0 Å². The molecule has 0 aromatic heterocycles. The van der Waals surface area contributed by atoms with Crippen molar-refractivity contribution in [1.29, 1.82) is 0 Å². The molecule has 0 radical (unpaired) electrons. The summed E-state index contributed by atoms with van der Waals surface area (Å²) in [6.45, 7) is 8.87. The van der Waals surface area contributed by atoms with E-state index in [4.69, 9.17) is 14.2 Å². The van der Waals surface area contributed by atoms with Crippen LogP contribution >= 0.6 is 0 Å². The van der Waals surface area contributed by atoms with Gasteiger partial charge in [0, 0.05) is 0 Å². The first-order chi connectivity index (χ1) is 16.7. The van der Waals surface area contributed by atoms with Gasteiger partial charge in [-0.3, -0.25) is 0 Å². The first-order valence-electron chi connectivity index (χ1n) is 12.7. The first kappa shape index (κ1) is 26.5. The van der Waals surface area contributed by atoms with Crippen molar-refractivity contribution in [3.63, 3.8) is 0 Å². The predicted molar refractivity (Wildman–Crippen MR) is 145 cm³/mol. The van der Waals surface area contributed by atoms with Gasteiger partial charge in [-0.15, -0.1) is 0 Å². The van der Waals surface area contributed by atoms with Crippen molar-refractivity contribution >= 4 is 31.6 Å². The zero-order chi connectivity index (χ0) is 24.0. The van der Waals surface area contributed by atoms with Gasteiger partial charge >= 0.3 is 215 Å². The molecule has 182 valence electrons. The molecule has 0 unspecified atom stereocenters. The molecule has 0 bridgehead atoms. The molecule has 3 aromatic rings. The Labute approximate surface area is 214 Å². The van der Waals surface area contributed by atoms with Gasteiger partial charge in [0.2, 0.25) is 0 Å². The molecule has 0 saturated heterocycles. The molecular weight excluding hydrogens is 617 g/mol. The van der Waals surface area contributed by atoms with Crippen molar-refractivity contribution < 1.29 is 14.2 Å². The van der Waals surface area contributed by atoms with E-state index in [-0.39, 0.29) is 0 Å². The number of rotatable bonds is 15. The van der Waals surface area contributed by atoms with Gasteiger partial charge in [0.05, 0.1) is 0 Å². The molecule has 3 nitrogen and oxygen atoms in total. The normalized spacial score (nSPS) is 10.9. The summed E-state index contributed by atoms with van der Waals surface area (Å²) in [6.07, 6.45) is 6.63. The van der Waals surface area contributed by atoms with Gasteiger partial charge in [-0.05, 0) is 0 Å². The van der Waals surface area contributed by atoms with Gasteiger partial charge in [-0.1, -0.05) is 0 Å². The Kier molecular flexibility index (Phi) is 11.7. The third kappa shape index (κ3) is 8.31. The van der Waals surface area contributed by atoms with Crippen LogP contribution in [0.15, 0.2) is 72.8 Å². The van der Waals surface area contributed by atoms with Crippen LogP contribution in [0.2, 0.25) is 0 Å². The molecule has 0 aliphatic rings. The maximum atomic E-state index is 6.07. The van der Waals surface area contributed by atoms with Gasteiger partial charge in [-0.25, -0.2) is 0 Å². The van der Waals surface area contributed by atoms with Crippen LogP contribution in [-0.4, -0.2) is 41.6 Å². The molecule has 0 fully saturated rings. The molecule has 0 aliphatic carbocycles.